The van der Waals surface area contributed by atoms with Gasteiger partial charge in [0.2, 0.25) is 11.8 Å². The molecule has 0 aliphatic carbocycles. The van der Waals surface area contributed by atoms with E-state index >= 15 is 0 Å². The van der Waals surface area contributed by atoms with Gasteiger partial charge in [-0.2, -0.15) is 5.26 Å². The highest BCUT2D eigenvalue weighted by Gasteiger charge is 2.45. The summed E-state index contributed by atoms with van der Waals surface area (Å²) in [5.74, 6) is -5.34. The van der Waals surface area contributed by atoms with E-state index in [1.807, 2.05) is 32.0 Å². The van der Waals surface area contributed by atoms with Crippen LogP contribution in [-0.2, 0) is 19.1 Å². The van der Waals surface area contributed by atoms with Crippen LogP contribution in [0.15, 0.2) is 53.1 Å². The van der Waals surface area contributed by atoms with E-state index < -0.39 is 29.5 Å². The second-order valence-electron chi connectivity index (χ2n) is 7.48. The summed E-state index contributed by atoms with van der Waals surface area (Å²) < 4.78 is 19.3. The predicted octanol–water partition coefficient (Wildman–Crippen LogP) is 3.55. The minimum Gasteiger partial charge on any atom is -0.468 e. The number of anilines is 1. The maximum absolute atomic E-state index is 14.6. The van der Waals surface area contributed by atoms with E-state index in [-0.39, 0.29) is 27.8 Å². The number of esters is 1. The van der Waals surface area contributed by atoms with E-state index in [2.05, 4.69) is 10.6 Å². The third-order valence-electron chi connectivity index (χ3n) is 5.36. The first-order valence-electron chi connectivity index (χ1n) is 10.0. The monoisotopic (exact) mass is 467 g/mol. The van der Waals surface area contributed by atoms with Crippen LogP contribution >= 0.6 is 11.8 Å². The molecular weight excluding hydrogens is 445 g/mol. The summed E-state index contributed by atoms with van der Waals surface area (Å²) in [5, 5.41) is 15.2. The summed E-state index contributed by atoms with van der Waals surface area (Å²) in [7, 11) is 1.12. The average Bonchev–Trinajstić information content (AvgIpc) is 2.79. The van der Waals surface area contributed by atoms with E-state index in [0.29, 0.717) is 5.69 Å². The topological polar surface area (TPSA) is 108 Å². The Bertz CT molecular complexity index is 1190. The number of halogens is 1. The number of nitrogens with zero attached hydrogens (tertiary/aromatic N) is 1. The Morgan fingerprint density at radius 2 is 1.94 bits per heavy atom. The molecular formula is C24H22FN3O4S. The summed E-state index contributed by atoms with van der Waals surface area (Å²) >= 11 is 0.933. The van der Waals surface area contributed by atoms with E-state index in [1.165, 1.54) is 18.2 Å². The standard InChI is InChI=1S/C24H22FN3O4S/c1-13-8-9-15(10-14(13)2)27-19(29)12-33-23-17(11-26)20(16-6-4-5-7-18(16)25)21(22(30)28-23)24(31)32-3/h4-10,20-21H,12H2,1-3H3,(H,27,29)(H,28,30)/t20-,21+/m1/s1. The highest BCUT2D eigenvalue weighted by Crippen LogP contribution is 2.41. The lowest BCUT2D eigenvalue weighted by atomic mass is 9.78. The fourth-order valence-corrected chi connectivity index (χ4v) is 4.39. The molecule has 1 aliphatic heterocycles. The zero-order chi connectivity index (χ0) is 24.1. The molecule has 0 saturated carbocycles. The fourth-order valence-electron chi connectivity index (χ4n) is 3.54. The number of ether oxygens (including phenoxy) is 1. The highest BCUT2D eigenvalue weighted by molar-refractivity contribution is 8.03. The van der Waals surface area contributed by atoms with Crippen LogP contribution in [-0.4, -0.2) is 30.6 Å². The quantitative estimate of drug-likeness (QED) is 0.497. The highest BCUT2D eigenvalue weighted by atomic mass is 32.2. The van der Waals surface area contributed by atoms with Crippen molar-refractivity contribution in [3.8, 4) is 6.07 Å². The number of nitriles is 1. The van der Waals surface area contributed by atoms with Crippen LogP contribution in [0.1, 0.15) is 22.6 Å². The third kappa shape index (κ3) is 5.23. The molecule has 33 heavy (non-hydrogen) atoms. The molecule has 2 atom stereocenters. The molecule has 0 spiro atoms. The number of methoxy groups -OCH3 is 1. The van der Waals surface area contributed by atoms with Crippen molar-refractivity contribution < 1.29 is 23.5 Å². The normalized spacial score (nSPS) is 17.7. The molecule has 3 rings (SSSR count). The first kappa shape index (κ1) is 24.0. The molecule has 1 aliphatic rings. The second-order valence-corrected chi connectivity index (χ2v) is 8.47. The number of carbonyl (C=O) groups excluding carboxylic acids is 3. The van der Waals surface area contributed by atoms with Crippen molar-refractivity contribution in [2.24, 2.45) is 5.92 Å². The van der Waals surface area contributed by atoms with Gasteiger partial charge in [-0.25, -0.2) is 4.39 Å². The third-order valence-corrected chi connectivity index (χ3v) is 6.38. The number of hydrogen-bond acceptors (Lipinski definition) is 6. The van der Waals surface area contributed by atoms with Gasteiger partial charge in [-0.05, 0) is 48.7 Å². The van der Waals surface area contributed by atoms with Crippen LogP contribution in [0.5, 0.6) is 0 Å². The van der Waals surface area contributed by atoms with Crippen LogP contribution in [0.2, 0.25) is 0 Å². The summed E-state index contributed by atoms with van der Waals surface area (Å²) in [5.41, 5.74) is 2.75. The van der Waals surface area contributed by atoms with E-state index in [9.17, 15) is 24.0 Å². The molecule has 2 aromatic rings. The number of thioether (sulfide) groups is 1. The average molecular weight is 468 g/mol. The Labute approximate surface area is 195 Å². The summed E-state index contributed by atoms with van der Waals surface area (Å²) in [6.45, 7) is 3.90. The molecule has 7 nitrogen and oxygen atoms in total. The Morgan fingerprint density at radius 3 is 2.58 bits per heavy atom. The van der Waals surface area contributed by atoms with Gasteiger partial charge in [0.1, 0.15) is 11.7 Å². The van der Waals surface area contributed by atoms with Crippen LogP contribution in [0, 0.1) is 36.9 Å². The number of allylic oxidation sites excluding steroid dienone is 1. The van der Waals surface area contributed by atoms with Crippen molar-refractivity contribution in [2.75, 3.05) is 18.2 Å². The molecule has 2 aromatic carbocycles. The second kappa shape index (κ2) is 10.3. The van der Waals surface area contributed by atoms with Crippen molar-refractivity contribution >= 4 is 35.2 Å². The summed E-state index contributed by atoms with van der Waals surface area (Å²) in [6, 6.07) is 13.1. The molecule has 1 heterocycles. The van der Waals surface area contributed by atoms with Gasteiger partial charge in [0.15, 0.2) is 0 Å². The van der Waals surface area contributed by atoms with Gasteiger partial charge in [-0.1, -0.05) is 36.0 Å². The van der Waals surface area contributed by atoms with Crippen LogP contribution in [0.25, 0.3) is 0 Å². The van der Waals surface area contributed by atoms with Crippen molar-refractivity contribution in [3.63, 3.8) is 0 Å². The SMILES string of the molecule is COC(=O)[C@@H]1C(=O)NC(SCC(=O)Nc2ccc(C)c(C)c2)=C(C#N)[C@H]1c1ccccc1F. The number of rotatable bonds is 6. The van der Waals surface area contributed by atoms with Gasteiger partial charge in [0, 0.05) is 11.6 Å². The Hall–Kier alpha value is -3.64. The smallest absolute Gasteiger partial charge is 0.319 e. The molecule has 2 amide bonds. The molecule has 0 fully saturated rings. The molecule has 0 unspecified atom stereocenters. The summed E-state index contributed by atoms with van der Waals surface area (Å²) in [6.07, 6.45) is 0. The molecule has 9 heteroatoms. The lowest BCUT2D eigenvalue weighted by Crippen LogP contribution is -2.44. The Balaban J connectivity index is 1.89. The number of benzene rings is 2. The number of amides is 2. The molecule has 2 N–H and O–H groups in total. The van der Waals surface area contributed by atoms with Gasteiger partial charge in [-0.3, -0.25) is 14.4 Å². The van der Waals surface area contributed by atoms with Crippen molar-refractivity contribution in [3.05, 3.63) is 75.6 Å². The van der Waals surface area contributed by atoms with Crippen LogP contribution in [0.3, 0.4) is 0 Å². The predicted molar refractivity (Wildman–Crippen MR) is 122 cm³/mol. The molecule has 0 aromatic heterocycles. The van der Waals surface area contributed by atoms with Gasteiger partial charge >= 0.3 is 5.97 Å². The maximum atomic E-state index is 14.6. The summed E-state index contributed by atoms with van der Waals surface area (Å²) in [4.78, 5) is 37.6. The van der Waals surface area contributed by atoms with Crippen LogP contribution in [0.4, 0.5) is 10.1 Å². The fraction of sp³-hybridized carbons (Fsp3) is 0.250. The zero-order valence-corrected chi connectivity index (χ0v) is 19.1. The van der Waals surface area contributed by atoms with E-state index in [1.54, 1.807) is 12.1 Å². The van der Waals surface area contributed by atoms with Gasteiger partial charge in [0.05, 0.1) is 29.5 Å². The number of nitrogens with one attached hydrogen (secondary N) is 2. The molecule has 0 bridgehead atoms. The van der Waals surface area contributed by atoms with Crippen molar-refractivity contribution in [1.82, 2.24) is 5.32 Å². The first-order chi connectivity index (χ1) is 15.8. The lowest BCUT2D eigenvalue weighted by molar-refractivity contribution is -0.150. The largest absolute Gasteiger partial charge is 0.468 e. The van der Waals surface area contributed by atoms with E-state index in [0.717, 1.165) is 30.0 Å². The molecule has 170 valence electrons. The van der Waals surface area contributed by atoms with Gasteiger partial charge in [0.25, 0.3) is 0 Å². The van der Waals surface area contributed by atoms with Gasteiger partial charge < -0.3 is 15.4 Å². The van der Waals surface area contributed by atoms with E-state index in [4.69, 9.17) is 4.74 Å². The molecule has 0 radical (unpaired) electrons. The minimum atomic E-state index is -1.43. The van der Waals surface area contributed by atoms with Crippen molar-refractivity contribution in [1.29, 1.82) is 5.26 Å². The zero-order valence-electron chi connectivity index (χ0n) is 18.3. The van der Waals surface area contributed by atoms with Crippen molar-refractivity contribution in [2.45, 2.75) is 19.8 Å². The number of carbonyl (C=O) groups is 3. The molecule has 0 saturated heterocycles. The number of aryl methyl sites for hydroxylation is 2. The number of hydrogen-bond donors (Lipinski definition) is 2. The van der Waals surface area contributed by atoms with Gasteiger partial charge in [-0.15, -0.1) is 0 Å². The van der Waals surface area contributed by atoms with Crippen LogP contribution < -0.4 is 10.6 Å². The minimum absolute atomic E-state index is 0.0147. The first-order valence-corrected chi connectivity index (χ1v) is 11.0. The Morgan fingerprint density at radius 1 is 1.21 bits per heavy atom. The Kier molecular flexibility index (Phi) is 7.51. The lowest BCUT2D eigenvalue weighted by Gasteiger charge is -2.31. The maximum Gasteiger partial charge on any atom is 0.319 e.